The number of rotatable bonds is 8. The molecule has 1 N–H and O–H groups in total. The minimum Gasteiger partial charge on any atom is -0.493 e. The zero-order valence-electron chi connectivity index (χ0n) is 17.2. The van der Waals surface area contributed by atoms with E-state index in [0.717, 1.165) is 28.6 Å². The first-order valence-corrected chi connectivity index (χ1v) is 9.52. The van der Waals surface area contributed by atoms with Gasteiger partial charge >= 0.3 is 0 Å². The van der Waals surface area contributed by atoms with E-state index in [-0.39, 0.29) is 24.0 Å². The Balaban J connectivity index is 0.00000392. The minimum absolute atomic E-state index is 0. The van der Waals surface area contributed by atoms with Gasteiger partial charge in [0.25, 0.3) is 0 Å². The molecular formula is C19H29IN4O3S. The minimum atomic E-state index is 0. The Bertz CT molecular complexity index is 783. The lowest BCUT2D eigenvalue weighted by molar-refractivity contribution is 0.322. The van der Waals surface area contributed by atoms with E-state index in [1.807, 2.05) is 26.1 Å². The van der Waals surface area contributed by atoms with Crippen molar-refractivity contribution in [3.63, 3.8) is 0 Å². The number of benzene rings is 1. The van der Waals surface area contributed by atoms with E-state index in [9.17, 15) is 0 Å². The lowest BCUT2D eigenvalue weighted by atomic mass is 10.1. The van der Waals surface area contributed by atoms with E-state index in [0.29, 0.717) is 30.3 Å². The molecule has 0 aliphatic heterocycles. The highest BCUT2D eigenvalue weighted by atomic mass is 127. The van der Waals surface area contributed by atoms with Crippen molar-refractivity contribution in [1.82, 2.24) is 15.2 Å². The average molecular weight is 520 g/mol. The summed E-state index contributed by atoms with van der Waals surface area (Å²) >= 11 is 1.66. The van der Waals surface area contributed by atoms with Gasteiger partial charge in [0, 0.05) is 31.6 Å². The summed E-state index contributed by atoms with van der Waals surface area (Å²) < 4.78 is 16.3. The maximum absolute atomic E-state index is 5.54. The molecule has 0 radical (unpaired) electrons. The van der Waals surface area contributed by atoms with Gasteiger partial charge in [-0.2, -0.15) is 0 Å². The molecule has 0 fully saturated rings. The fraction of sp³-hybridized carbons (Fsp3) is 0.474. The van der Waals surface area contributed by atoms with E-state index in [1.54, 1.807) is 39.7 Å². The number of guanidine groups is 1. The topological polar surface area (TPSA) is 68.2 Å². The van der Waals surface area contributed by atoms with Crippen LogP contribution in [0.3, 0.4) is 0 Å². The molecule has 0 saturated carbocycles. The number of nitrogens with zero attached hydrogens (tertiary/aromatic N) is 3. The third-order valence-electron chi connectivity index (χ3n) is 4.10. The Morgan fingerprint density at radius 2 is 1.89 bits per heavy atom. The van der Waals surface area contributed by atoms with Crippen LogP contribution in [0.2, 0.25) is 0 Å². The lowest BCUT2D eigenvalue weighted by Crippen LogP contribution is -2.39. The van der Waals surface area contributed by atoms with Gasteiger partial charge < -0.3 is 24.4 Å². The van der Waals surface area contributed by atoms with Gasteiger partial charge in [0.15, 0.2) is 17.5 Å². The second-order valence-electron chi connectivity index (χ2n) is 5.93. The number of halogens is 1. The molecule has 0 amide bonds. The van der Waals surface area contributed by atoms with Crippen molar-refractivity contribution in [2.24, 2.45) is 4.99 Å². The summed E-state index contributed by atoms with van der Waals surface area (Å²) in [5.41, 5.74) is 2.08. The van der Waals surface area contributed by atoms with Gasteiger partial charge in [0.1, 0.15) is 0 Å². The summed E-state index contributed by atoms with van der Waals surface area (Å²) in [7, 11) is 8.64. The van der Waals surface area contributed by atoms with Crippen LogP contribution in [-0.2, 0) is 13.0 Å². The quantitative estimate of drug-likeness (QED) is 0.327. The predicted octanol–water partition coefficient (Wildman–Crippen LogP) is 3.35. The molecule has 156 valence electrons. The highest BCUT2D eigenvalue weighted by Crippen LogP contribution is 2.39. The lowest BCUT2D eigenvalue weighted by Gasteiger charge is -2.21. The van der Waals surface area contributed by atoms with E-state index in [4.69, 9.17) is 14.2 Å². The van der Waals surface area contributed by atoms with Crippen molar-refractivity contribution >= 4 is 41.3 Å². The van der Waals surface area contributed by atoms with Gasteiger partial charge in [-0.1, -0.05) is 6.07 Å². The van der Waals surface area contributed by atoms with Gasteiger partial charge in [-0.3, -0.25) is 4.99 Å². The second-order valence-corrected chi connectivity index (χ2v) is 6.99. The standard InChI is InChI=1S/C19H28N4O3S.HI/c1-13-22-15(12-27-13)11-23(3)19(20-2)21-10-9-14-7-8-16(24-4)18(26-6)17(14)25-5;/h7-8,12H,9-11H2,1-6H3,(H,20,21);1H. The van der Waals surface area contributed by atoms with Crippen molar-refractivity contribution in [3.8, 4) is 17.2 Å². The number of hydrogen-bond acceptors (Lipinski definition) is 6. The fourth-order valence-electron chi connectivity index (χ4n) is 2.85. The zero-order valence-corrected chi connectivity index (χ0v) is 20.4. The molecule has 0 aliphatic rings. The molecule has 2 rings (SSSR count). The van der Waals surface area contributed by atoms with Crippen molar-refractivity contribution in [3.05, 3.63) is 33.8 Å². The molecule has 0 bridgehead atoms. The Morgan fingerprint density at radius 1 is 1.18 bits per heavy atom. The van der Waals surface area contributed by atoms with Gasteiger partial charge in [-0.15, -0.1) is 35.3 Å². The van der Waals surface area contributed by atoms with E-state index in [1.165, 1.54) is 0 Å². The van der Waals surface area contributed by atoms with Crippen molar-refractivity contribution in [2.45, 2.75) is 19.9 Å². The number of ether oxygens (including phenoxy) is 3. The Kier molecular flexibility index (Phi) is 10.4. The number of thiazole rings is 1. The average Bonchev–Trinajstić information content (AvgIpc) is 3.08. The molecule has 0 spiro atoms. The fourth-order valence-corrected chi connectivity index (χ4v) is 3.46. The van der Waals surface area contributed by atoms with Crippen LogP contribution in [0.1, 0.15) is 16.3 Å². The first-order chi connectivity index (χ1) is 13.0. The first-order valence-electron chi connectivity index (χ1n) is 8.64. The SMILES string of the molecule is CN=C(NCCc1ccc(OC)c(OC)c1OC)N(C)Cc1csc(C)n1.I. The molecular weight excluding hydrogens is 491 g/mol. The van der Waals surface area contributed by atoms with Gasteiger partial charge in [-0.05, 0) is 19.4 Å². The summed E-state index contributed by atoms with van der Waals surface area (Å²) in [6, 6.07) is 3.88. The summed E-state index contributed by atoms with van der Waals surface area (Å²) in [6.07, 6.45) is 0.756. The van der Waals surface area contributed by atoms with Crippen LogP contribution < -0.4 is 19.5 Å². The number of methoxy groups -OCH3 is 3. The van der Waals surface area contributed by atoms with Crippen LogP contribution in [0.4, 0.5) is 0 Å². The molecule has 28 heavy (non-hydrogen) atoms. The normalized spacial score (nSPS) is 10.9. The van der Waals surface area contributed by atoms with Crippen LogP contribution in [0.5, 0.6) is 17.2 Å². The third-order valence-corrected chi connectivity index (χ3v) is 4.92. The van der Waals surface area contributed by atoms with Crippen LogP contribution in [0.25, 0.3) is 0 Å². The summed E-state index contributed by atoms with van der Waals surface area (Å²) in [4.78, 5) is 10.9. The molecule has 9 heteroatoms. The van der Waals surface area contributed by atoms with E-state index >= 15 is 0 Å². The monoisotopic (exact) mass is 520 g/mol. The Labute approximate surface area is 188 Å². The smallest absolute Gasteiger partial charge is 0.203 e. The van der Waals surface area contributed by atoms with E-state index < -0.39 is 0 Å². The maximum Gasteiger partial charge on any atom is 0.203 e. The van der Waals surface area contributed by atoms with Crippen LogP contribution in [0, 0.1) is 6.92 Å². The Hall–Kier alpha value is -1.75. The van der Waals surface area contributed by atoms with Crippen molar-refractivity contribution in [1.29, 1.82) is 0 Å². The number of hydrogen-bond donors (Lipinski definition) is 1. The highest BCUT2D eigenvalue weighted by Gasteiger charge is 2.16. The highest BCUT2D eigenvalue weighted by molar-refractivity contribution is 14.0. The molecule has 0 saturated heterocycles. The third kappa shape index (κ3) is 6.13. The predicted molar refractivity (Wildman–Crippen MR) is 125 cm³/mol. The summed E-state index contributed by atoms with van der Waals surface area (Å²) in [5, 5.41) is 6.53. The van der Waals surface area contributed by atoms with E-state index in [2.05, 4.69) is 25.6 Å². The number of nitrogens with one attached hydrogen (secondary N) is 1. The van der Waals surface area contributed by atoms with Crippen molar-refractivity contribution in [2.75, 3.05) is 42.0 Å². The molecule has 2 aromatic rings. The van der Waals surface area contributed by atoms with Crippen molar-refractivity contribution < 1.29 is 14.2 Å². The molecule has 1 heterocycles. The van der Waals surface area contributed by atoms with Gasteiger partial charge in [-0.25, -0.2) is 4.98 Å². The number of aromatic nitrogens is 1. The maximum atomic E-state index is 5.54. The largest absolute Gasteiger partial charge is 0.493 e. The van der Waals surface area contributed by atoms with Gasteiger partial charge in [0.2, 0.25) is 5.75 Å². The molecule has 1 aromatic heterocycles. The zero-order chi connectivity index (χ0) is 19.8. The van der Waals surface area contributed by atoms with Crippen LogP contribution in [0.15, 0.2) is 22.5 Å². The molecule has 0 atom stereocenters. The van der Waals surface area contributed by atoms with Crippen LogP contribution in [-0.4, -0.2) is 57.8 Å². The molecule has 0 unspecified atom stereocenters. The molecule has 0 aliphatic carbocycles. The molecule has 7 nitrogen and oxygen atoms in total. The summed E-state index contributed by atoms with van der Waals surface area (Å²) in [5.74, 6) is 2.78. The summed E-state index contributed by atoms with van der Waals surface area (Å²) in [6.45, 7) is 3.43. The molecule has 1 aromatic carbocycles. The Morgan fingerprint density at radius 3 is 2.43 bits per heavy atom. The second kappa shape index (κ2) is 11.9. The van der Waals surface area contributed by atoms with Crippen LogP contribution >= 0.6 is 35.3 Å². The first kappa shape index (κ1) is 24.3. The number of aliphatic imine (C=N–C) groups is 1. The van der Waals surface area contributed by atoms with Gasteiger partial charge in [0.05, 0.1) is 38.6 Å². The number of aryl methyl sites for hydroxylation is 1.